The highest BCUT2D eigenvalue weighted by Crippen LogP contribution is 2.31. The molecule has 0 amide bonds. The number of rotatable bonds is 4. The predicted octanol–water partition coefficient (Wildman–Crippen LogP) is 3.90. The van der Waals surface area contributed by atoms with Gasteiger partial charge in [-0.3, -0.25) is 0 Å². The summed E-state index contributed by atoms with van der Waals surface area (Å²) in [4.78, 5) is 8.72. The van der Waals surface area contributed by atoms with Gasteiger partial charge < -0.3 is 15.8 Å². The largest absolute Gasteiger partial charge is 0.497 e. The molecule has 23 heavy (non-hydrogen) atoms. The lowest BCUT2D eigenvalue weighted by Gasteiger charge is -2.12. The number of nitrogens with zero attached hydrogens (tertiary/aromatic N) is 2. The third-order valence-corrected chi connectivity index (χ3v) is 4.00. The Hall–Kier alpha value is -2.34. The second kappa shape index (κ2) is 6.42. The minimum Gasteiger partial charge on any atom is -0.497 e. The highest BCUT2D eigenvalue weighted by Gasteiger charge is 2.10. The summed E-state index contributed by atoms with van der Waals surface area (Å²) < 4.78 is 6.12. The van der Waals surface area contributed by atoms with Crippen molar-refractivity contribution in [2.24, 2.45) is 0 Å². The number of nitrogen functional groups attached to an aromatic ring is 1. The van der Waals surface area contributed by atoms with Crippen molar-refractivity contribution in [2.75, 3.05) is 18.2 Å². The minimum absolute atomic E-state index is 0.484. The van der Waals surface area contributed by atoms with Crippen molar-refractivity contribution in [1.82, 2.24) is 9.97 Å². The van der Waals surface area contributed by atoms with Gasteiger partial charge in [0.1, 0.15) is 17.4 Å². The molecule has 0 aliphatic heterocycles. The summed E-state index contributed by atoms with van der Waals surface area (Å²) in [5.74, 6) is 1.99. The third kappa shape index (κ3) is 3.37. The molecular formula is C17H17BrN4O. The summed E-state index contributed by atoms with van der Waals surface area (Å²) in [7, 11) is 1.66. The van der Waals surface area contributed by atoms with E-state index in [1.54, 1.807) is 7.11 Å². The number of anilines is 2. The zero-order valence-electron chi connectivity index (χ0n) is 12.9. The van der Waals surface area contributed by atoms with Crippen molar-refractivity contribution in [3.05, 3.63) is 52.3 Å². The van der Waals surface area contributed by atoms with Crippen LogP contribution in [0.1, 0.15) is 11.4 Å². The van der Waals surface area contributed by atoms with Gasteiger partial charge in [-0.25, -0.2) is 9.97 Å². The highest BCUT2D eigenvalue weighted by molar-refractivity contribution is 9.10. The van der Waals surface area contributed by atoms with Crippen molar-refractivity contribution in [3.8, 4) is 5.75 Å². The predicted molar refractivity (Wildman–Crippen MR) is 96.7 cm³/mol. The van der Waals surface area contributed by atoms with Crippen LogP contribution in [0.2, 0.25) is 0 Å². The number of aromatic nitrogens is 2. The van der Waals surface area contributed by atoms with Crippen LogP contribution >= 0.6 is 15.9 Å². The van der Waals surface area contributed by atoms with Crippen molar-refractivity contribution in [1.29, 1.82) is 0 Å². The Bertz CT molecular complexity index is 844. The van der Waals surface area contributed by atoms with E-state index in [1.165, 1.54) is 0 Å². The maximum atomic E-state index is 6.09. The molecule has 118 valence electrons. The van der Waals surface area contributed by atoms with Gasteiger partial charge in [-0.1, -0.05) is 28.1 Å². The number of benzene rings is 2. The highest BCUT2D eigenvalue weighted by atomic mass is 79.9. The van der Waals surface area contributed by atoms with Crippen LogP contribution in [0.5, 0.6) is 5.75 Å². The van der Waals surface area contributed by atoms with Crippen LogP contribution in [0.25, 0.3) is 10.9 Å². The molecule has 5 nitrogen and oxygen atoms in total. The Kier molecular flexibility index (Phi) is 4.34. The number of nitrogens with one attached hydrogen (secondary N) is 1. The van der Waals surface area contributed by atoms with E-state index in [0.29, 0.717) is 18.2 Å². The molecule has 0 saturated carbocycles. The first-order chi connectivity index (χ1) is 11.1. The van der Waals surface area contributed by atoms with E-state index in [9.17, 15) is 0 Å². The number of hydrogen-bond donors (Lipinski definition) is 2. The zero-order chi connectivity index (χ0) is 16.4. The molecule has 0 spiro atoms. The van der Waals surface area contributed by atoms with Gasteiger partial charge in [-0.2, -0.15) is 0 Å². The molecule has 1 aromatic heterocycles. The first-order valence-electron chi connectivity index (χ1n) is 7.17. The molecule has 3 rings (SSSR count). The van der Waals surface area contributed by atoms with Gasteiger partial charge in [-0.05, 0) is 36.8 Å². The lowest BCUT2D eigenvalue weighted by Crippen LogP contribution is -2.04. The Morgan fingerprint density at radius 2 is 1.91 bits per heavy atom. The van der Waals surface area contributed by atoms with E-state index < -0.39 is 0 Å². The Morgan fingerprint density at radius 3 is 2.61 bits per heavy atom. The Morgan fingerprint density at radius 1 is 1.17 bits per heavy atom. The molecular weight excluding hydrogens is 356 g/mol. The van der Waals surface area contributed by atoms with Gasteiger partial charge in [0.25, 0.3) is 0 Å². The Labute approximate surface area is 143 Å². The molecule has 0 radical (unpaired) electrons. The van der Waals surface area contributed by atoms with Crippen LogP contribution in [0, 0.1) is 6.92 Å². The summed E-state index contributed by atoms with van der Waals surface area (Å²) in [5, 5.41) is 4.25. The number of ether oxygens (including phenoxy) is 1. The maximum Gasteiger partial charge on any atom is 0.137 e. The summed E-state index contributed by atoms with van der Waals surface area (Å²) in [6, 6.07) is 11.9. The minimum atomic E-state index is 0.484. The van der Waals surface area contributed by atoms with Gasteiger partial charge in [0.15, 0.2) is 0 Å². The number of nitrogens with two attached hydrogens (primary N) is 1. The van der Waals surface area contributed by atoms with Gasteiger partial charge in [0.2, 0.25) is 0 Å². The normalized spacial score (nSPS) is 10.7. The molecule has 3 N–H and O–H groups in total. The summed E-state index contributed by atoms with van der Waals surface area (Å²) in [6.07, 6.45) is 0. The summed E-state index contributed by atoms with van der Waals surface area (Å²) in [6.45, 7) is 2.50. The van der Waals surface area contributed by atoms with Crippen molar-refractivity contribution in [2.45, 2.75) is 13.5 Å². The topological polar surface area (TPSA) is 73.1 Å². The molecule has 0 bridgehead atoms. The van der Waals surface area contributed by atoms with E-state index in [1.807, 2.05) is 43.3 Å². The van der Waals surface area contributed by atoms with Gasteiger partial charge in [-0.15, -0.1) is 0 Å². The number of aryl methyl sites for hydroxylation is 1. The molecule has 0 fully saturated rings. The van der Waals surface area contributed by atoms with Crippen LogP contribution in [-0.4, -0.2) is 17.1 Å². The number of fused-ring (bicyclic) bond motifs is 1. The van der Waals surface area contributed by atoms with E-state index in [4.69, 9.17) is 10.5 Å². The SMILES string of the molecule is COc1ccc(CNc2cc(Br)cc3nc(C)nc(N)c23)cc1. The molecule has 0 saturated heterocycles. The molecule has 2 aromatic carbocycles. The van der Waals surface area contributed by atoms with E-state index in [0.717, 1.165) is 32.4 Å². The van der Waals surface area contributed by atoms with Gasteiger partial charge in [0, 0.05) is 16.7 Å². The fourth-order valence-corrected chi connectivity index (χ4v) is 2.91. The fourth-order valence-electron chi connectivity index (χ4n) is 2.46. The molecule has 0 unspecified atom stereocenters. The smallest absolute Gasteiger partial charge is 0.137 e. The van der Waals surface area contributed by atoms with E-state index >= 15 is 0 Å². The molecule has 0 aliphatic rings. The van der Waals surface area contributed by atoms with Crippen LogP contribution in [0.15, 0.2) is 40.9 Å². The Balaban J connectivity index is 1.92. The van der Waals surface area contributed by atoms with Crippen LogP contribution in [0.3, 0.4) is 0 Å². The number of methoxy groups -OCH3 is 1. The maximum absolute atomic E-state index is 6.09. The average Bonchev–Trinajstić information content (AvgIpc) is 2.52. The van der Waals surface area contributed by atoms with Crippen LogP contribution < -0.4 is 15.8 Å². The van der Waals surface area contributed by atoms with Gasteiger partial charge >= 0.3 is 0 Å². The fraction of sp³-hybridized carbons (Fsp3) is 0.176. The van der Waals surface area contributed by atoms with Gasteiger partial charge in [0.05, 0.1) is 18.0 Å². The third-order valence-electron chi connectivity index (χ3n) is 3.54. The molecule has 0 atom stereocenters. The second-order valence-electron chi connectivity index (χ2n) is 5.21. The molecule has 6 heteroatoms. The number of hydrogen-bond acceptors (Lipinski definition) is 5. The first kappa shape index (κ1) is 15.6. The summed E-state index contributed by atoms with van der Waals surface area (Å²) in [5.41, 5.74) is 8.96. The molecule has 0 aliphatic carbocycles. The second-order valence-corrected chi connectivity index (χ2v) is 6.12. The van der Waals surface area contributed by atoms with Crippen molar-refractivity contribution >= 4 is 38.3 Å². The number of halogens is 1. The van der Waals surface area contributed by atoms with Crippen molar-refractivity contribution in [3.63, 3.8) is 0 Å². The van der Waals surface area contributed by atoms with Crippen LogP contribution in [-0.2, 0) is 6.54 Å². The summed E-state index contributed by atoms with van der Waals surface area (Å²) >= 11 is 3.52. The van der Waals surface area contributed by atoms with Crippen molar-refractivity contribution < 1.29 is 4.74 Å². The molecule has 1 heterocycles. The zero-order valence-corrected chi connectivity index (χ0v) is 14.5. The standard InChI is InChI=1S/C17H17BrN4O/c1-10-21-15-8-12(18)7-14(16(15)17(19)22-10)20-9-11-3-5-13(23-2)6-4-11/h3-8,20H,9H2,1-2H3,(H2,19,21,22). The van der Waals surface area contributed by atoms with E-state index in [2.05, 4.69) is 31.2 Å². The monoisotopic (exact) mass is 372 g/mol. The average molecular weight is 373 g/mol. The first-order valence-corrected chi connectivity index (χ1v) is 7.96. The lowest BCUT2D eigenvalue weighted by atomic mass is 10.1. The quantitative estimate of drug-likeness (QED) is 0.726. The van der Waals surface area contributed by atoms with Crippen LogP contribution in [0.4, 0.5) is 11.5 Å². The van der Waals surface area contributed by atoms with E-state index in [-0.39, 0.29) is 0 Å². The lowest BCUT2D eigenvalue weighted by molar-refractivity contribution is 0.414. The molecule has 3 aromatic rings.